The van der Waals surface area contributed by atoms with E-state index in [9.17, 15) is 9.18 Å². The van der Waals surface area contributed by atoms with E-state index in [2.05, 4.69) is 0 Å². The number of carbonyl (C=O) groups excluding carboxylic acids is 1. The first-order valence-electron chi connectivity index (χ1n) is 3.67. The van der Waals surface area contributed by atoms with Gasteiger partial charge in [-0.1, -0.05) is 18.2 Å². The molecule has 0 saturated carbocycles. The Kier molecular flexibility index (Phi) is 2.75. The largest absolute Gasteiger partial charge is 0.289 e. The fourth-order valence-corrected chi connectivity index (χ4v) is 0.902. The fourth-order valence-electron chi connectivity index (χ4n) is 0.902. The first-order valence-corrected chi connectivity index (χ1v) is 3.67. The normalized spacial score (nSPS) is 10.5. The number of allylic oxidation sites excluding steroid dienone is 2. The lowest BCUT2D eigenvalue weighted by Crippen LogP contribution is -1.97. The van der Waals surface area contributed by atoms with Crippen LogP contribution in [0.4, 0.5) is 4.39 Å². The lowest BCUT2D eigenvalue weighted by Gasteiger charge is -1.95. The molecule has 1 rings (SSSR count). The standard InChI is InChI=1S/C10H9FO/c1-2-5-10(12)8-6-3-4-7-9(8)11/h2-7H,1H3/b5-2+. The van der Waals surface area contributed by atoms with E-state index >= 15 is 0 Å². The van der Waals surface area contributed by atoms with Gasteiger partial charge in [0, 0.05) is 0 Å². The summed E-state index contributed by atoms with van der Waals surface area (Å²) in [6.45, 7) is 1.72. The zero-order valence-corrected chi connectivity index (χ0v) is 6.75. The summed E-state index contributed by atoms with van der Waals surface area (Å²) in [5.74, 6) is -0.767. The summed E-state index contributed by atoms with van der Waals surface area (Å²) in [5.41, 5.74) is 0.121. The van der Waals surface area contributed by atoms with Crippen molar-refractivity contribution in [3.63, 3.8) is 0 Å². The molecule has 0 amide bonds. The molecule has 1 aromatic carbocycles. The van der Waals surface area contributed by atoms with Crippen molar-refractivity contribution in [3.8, 4) is 0 Å². The van der Waals surface area contributed by atoms with Crippen molar-refractivity contribution in [3.05, 3.63) is 47.8 Å². The summed E-state index contributed by atoms with van der Waals surface area (Å²) in [5, 5.41) is 0. The SMILES string of the molecule is C/C=C/C(=O)c1ccccc1F. The van der Waals surface area contributed by atoms with E-state index in [1.807, 2.05) is 0 Å². The molecule has 0 heterocycles. The van der Waals surface area contributed by atoms with Gasteiger partial charge in [-0.05, 0) is 25.1 Å². The Morgan fingerprint density at radius 3 is 2.67 bits per heavy atom. The van der Waals surface area contributed by atoms with Crippen LogP contribution < -0.4 is 0 Å². The molecule has 0 spiro atoms. The van der Waals surface area contributed by atoms with Gasteiger partial charge in [0.25, 0.3) is 0 Å². The van der Waals surface area contributed by atoms with Crippen LogP contribution in [0.1, 0.15) is 17.3 Å². The van der Waals surface area contributed by atoms with Crippen molar-refractivity contribution in [1.29, 1.82) is 0 Å². The third kappa shape index (κ3) is 1.78. The summed E-state index contributed by atoms with van der Waals surface area (Å²) in [7, 11) is 0. The Balaban J connectivity index is 3.03. The molecule has 62 valence electrons. The summed E-state index contributed by atoms with van der Waals surface area (Å²) in [4.78, 5) is 11.1. The van der Waals surface area contributed by atoms with E-state index in [0.717, 1.165) is 0 Å². The van der Waals surface area contributed by atoms with Crippen molar-refractivity contribution >= 4 is 5.78 Å². The van der Waals surface area contributed by atoms with Crippen molar-refractivity contribution in [1.82, 2.24) is 0 Å². The van der Waals surface area contributed by atoms with Crippen molar-refractivity contribution in [2.45, 2.75) is 6.92 Å². The van der Waals surface area contributed by atoms with Crippen LogP contribution in [0.3, 0.4) is 0 Å². The van der Waals surface area contributed by atoms with Crippen LogP contribution in [-0.4, -0.2) is 5.78 Å². The molecule has 0 saturated heterocycles. The second kappa shape index (κ2) is 3.81. The molecule has 0 N–H and O–H groups in total. The van der Waals surface area contributed by atoms with E-state index in [-0.39, 0.29) is 11.3 Å². The predicted molar refractivity (Wildman–Crippen MR) is 45.5 cm³/mol. The quantitative estimate of drug-likeness (QED) is 0.485. The van der Waals surface area contributed by atoms with E-state index in [4.69, 9.17) is 0 Å². The van der Waals surface area contributed by atoms with Crippen LogP contribution in [0, 0.1) is 5.82 Å². The molecular weight excluding hydrogens is 155 g/mol. The van der Waals surface area contributed by atoms with Crippen LogP contribution in [0.5, 0.6) is 0 Å². The molecule has 0 fully saturated rings. The Bertz CT molecular complexity index is 315. The van der Waals surface area contributed by atoms with E-state index in [0.29, 0.717) is 0 Å². The Hall–Kier alpha value is -1.44. The predicted octanol–water partition coefficient (Wildman–Crippen LogP) is 2.58. The maximum Gasteiger partial charge on any atom is 0.188 e. The summed E-state index contributed by atoms with van der Waals surface area (Å²) in [6.07, 6.45) is 2.94. The molecule has 0 bridgehead atoms. The molecule has 1 aromatic rings. The van der Waals surface area contributed by atoms with Crippen LogP contribution >= 0.6 is 0 Å². The summed E-state index contributed by atoms with van der Waals surface area (Å²) >= 11 is 0. The lowest BCUT2D eigenvalue weighted by molar-refractivity contribution is 0.104. The molecular formula is C10H9FO. The Morgan fingerprint density at radius 1 is 1.42 bits per heavy atom. The van der Waals surface area contributed by atoms with E-state index in [1.165, 1.54) is 18.2 Å². The number of hydrogen-bond donors (Lipinski definition) is 0. The number of carbonyl (C=O) groups is 1. The number of halogens is 1. The van der Waals surface area contributed by atoms with Crippen LogP contribution in [0.15, 0.2) is 36.4 Å². The minimum absolute atomic E-state index is 0.121. The highest BCUT2D eigenvalue weighted by Crippen LogP contribution is 2.07. The third-order valence-electron chi connectivity index (χ3n) is 1.46. The van der Waals surface area contributed by atoms with Crippen molar-refractivity contribution in [2.75, 3.05) is 0 Å². The van der Waals surface area contributed by atoms with Crippen LogP contribution in [-0.2, 0) is 0 Å². The van der Waals surface area contributed by atoms with Crippen molar-refractivity contribution < 1.29 is 9.18 Å². The minimum Gasteiger partial charge on any atom is -0.289 e. The third-order valence-corrected chi connectivity index (χ3v) is 1.46. The molecule has 2 heteroatoms. The topological polar surface area (TPSA) is 17.1 Å². The van der Waals surface area contributed by atoms with Crippen molar-refractivity contribution in [2.24, 2.45) is 0 Å². The highest BCUT2D eigenvalue weighted by atomic mass is 19.1. The fraction of sp³-hybridized carbons (Fsp3) is 0.100. The maximum atomic E-state index is 12.9. The number of hydrogen-bond acceptors (Lipinski definition) is 1. The smallest absolute Gasteiger partial charge is 0.188 e. The van der Waals surface area contributed by atoms with E-state index in [1.54, 1.807) is 25.1 Å². The second-order valence-corrected chi connectivity index (χ2v) is 2.34. The molecule has 0 radical (unpaired) electrons. The van der Waals surface area contributed by atoms with Gasteiger partial charge in [-0.3, -0.25) is 4.79 Å². The van der Waals surface area contributed by atoms with Crippen LogP contribution in [0.25, 0.3) is 0 Å². The number of ketones is 1. The van der Waals surface area contributed by atoms with Gasteiger partial charge in [-0.25, -0.2) is 4.39 Å². The molecule has 1 nitrogen and oxygen atoms in total. The van der Waals surface area contributed by atoms with Gasteiger partial charge in [0.15, 0.2) is 5.78 Å². The van der Waals surface area contributed by atoms with Gasteiger partial charge in [-0.15, -0.1) is 0 Å². The second-order valence-electron chi connectivity index (χ2n) is 2.34. The number of benzene rings is 1. The molecule has 0 aromatic heterocycles. The average molecular weight is 164 g/mol. The first kappa shape index (κ1) is 8.65. The lowest BCUT2D eigenvalue weighted by atomic mass is 10.1. The van der Waals surface area contributed by atoms with Gasteiger partial charge in [-0.2, -0.15) is 0 Å². The minimum atomic E-state index is -0.472. The zero-order chi connectivity index (χ0) is 8.97. The first-order chi connectivity index (χ1) is 5.75. The van der Waals surface area contributed by atoms with Gasteiger partial charge in [0.2, 0.25) is 0 Å². The maximum absolute atomic E-state index is 12.9. The summed E-state index contributed by atoms with van der Waals surface area (Å²) < 4.78 is 12.9. The monoisotopic (exact) mass is 164 g/mol. The molecule has 0 aliphatic rings. The van der Waals surface area contributed by atoms with Gasteiger partial charge in [0.1, 0.15) is 5.82 Å². The van der Waals surface area contributed by atoms with Gasteiger partial charge < -0.3 is 0 Å². The van der Waals surface area contributed by atoms with Crippen LogP contribution in [0.2, 0.25) is 0 Å². The van der Waals surface area contributed by atoms with Gasteiger partial charge >= 0.3 is 0 Å². The highest BCUT2D eigenvalue weighted by Gasteiger charge is 2.05. The Morgan fingerprint density at radius 2 is 2.08 bits per heavy atom. The number of rotatable bonds is 2. The Labute approximate surface area is 70.5 Å². The zero-order valence-electron chi connectivity index (χ0n) is 6.75. The van der Waals surface area contributed by atoms with Gasteiger partial charge in [0.05, 0.1) is 5.56 Å². The molecule has 0 aliphatic heterocycles. The molecule has 0 aliphatic carbocycles. The molecule has 0 unspecified atom stereocenters. The summed E-state index contributed by atoms with van der Waals surface area (Å²) in [6, 6.07) is 5.94. The average Bonchev–Trinajstić information content (AvgIpc) is 2.05. The molecule has 12 heavy (non-hydrogen) atoms. The van der Waals surface area contributed by atoms with E-state index < -0.39 is 5.82 Å². The highest BCUT2D eigenvalue weighted by molar-refractivity contribution is 6.04. The molecule has 0 atom stereocenters.